The predicted molar refractivity (Wildman–Crippen MR) is 87.0 cm³/mol. The summed E-state index contributed by atoms with van der Waals surface area (Å²) in [7, 11) is 0. The van der Waals surface area contributed by atoms with Crippen molar-refractivity contribution in [1.82, 2.24) is 15.0 Å². The lowest BCUT2D eigenvalue weighted by Crippen LogP contribution is -1.95. The van der Waals surface area contributed by atoms with Crippen LogP contribution in [0, 0.1) is 24.4 Å². The topological polar surface area (TPSA) is 53.7 Å². The highest BCUT2D eigenvalue weighted by Crippen LogP contribution is 2.34. The third-order valence-corrected chi connectivity index (χ3v) is 3.82. The highest BCUT2D eigenvalue weighted by Gasteiger charge is 2.18. The van der Waals surface area contributed by atoms with Crippen molar-refractivity contribution in [3.8, 4) is 22.9 Å². The molecule has 4 rings (SSSR count). The average molecular weight is 343 g/mol. The summed E-state index contributed by atoms with van der Waals surface area (Å²) in [6.07, 6.45) is 3.06. The van der Waals surface area contributed by atoms with Crippen molar-refractivity contribution >= 4 is 10.9 Å². The second-order valence-corrected chi connectivity index (χ2v) is 5.60. The molecule has 0 atom stereocenters. The van der Waals surface area contributed by atoms with E-state index in [1.165, 1.54) is 24.4 Å². The lowest BCUT2D eigenvalue weighted by molar-refractivity contribution is 0.410. The molecule has 126 valence electrons. The Kier molecular flexibility index (Phi) is 3.49. The molecule has 0 radical (unpaired) electrons. The Balaban J connectivity index is 1.77. The molecule has 4 aromatic rings. The van der Waals surface area contributed by atoms with Gasteiger partial charge in [-0.15, -0.1) is 0 Å². The second kappa shape index (κ2) is 5.70. The molecule has 2 aromatic heterocycles. The van der Waals surface area contributed by atoms with Gasteiger partial charge in [-0.1, -0.05) is 0 Å². The number of nitrogens with one attached hydrogen (secondary N) is 2. The van der Waals surface area contributed by atoms with Crippen LogP contribution in [0.2, 0.25) is 0 Å². The monoisotopic (exact) mass is 343 g/mol. The second-order valence-electron chi connectivity index (χ2n) is 5.60. The van der Waals surface area contributed by atoms with E-state index in [1.54, 1.807) is 13.1 Å². The number of hydrogen-bond donors (Lipinski definition) is 2. The number of rotatable bonds is 3. The van der Waals surface area contributed by atoms with E-state index in [4.69, 9.17) is 4.74 Å². The first-order chi connectivity index (χ1) is 12.0. The first-order valence-electron chi connectivity index (χ1n) is 7.47. The summed E-state index contributed by atoms with van der Waals surface area (Å²) in [6.45, 7) is 1.78. The fourth-order valence-corrected chi connectivity index (χ4v) is 2.62. The maximum atomic E-state index is 14.5. The summed E-state index contributed by atoms with van der Waals surface area (Å²) in [5.41, 5.74) is 1.23. The largest absolute Gasteiger partial charge is 0.451 e. The first-order valence-corrected chi connectivity index (χ1v) is 7.47. The molecule has 2 heterocycles. The van der Waals surface area contributed by atoms with Gasteiger partial charge in [0.25, 0.3) is 0 Å². The van der Waals surface area contributed by atoms with Crippen LogP contribution in [0.5, 0.6) is 11.5 Å². The molecular formula is C18H12F3N3O. The molecule has 0 fully saturated rings. The summed E-state index contributed by atoms with van der Waals surface area (Å²) in [5, 5.41) is 0.209. The van der Waals surface area contributed by atoms with Crippen LogP contribution in [0.1, 0.15) is 5.69 Å². The highest BCUT2D eigenvalue weighted by molar-refractivity contribution is 5.82. The van der Waals surface area contributed by atoms with Gasteiger partial charge in [0, 0.05) is 29.5 Å². The molecule has 0 aliphatic carbocycles. The van der Waals surface area contributed by atoms with E-state index in [2.05, 4.69) is 15.0 Å². The zero-order valence-corrected chi connectivity index (χ0v) is 13.0. The van der Waals surface area contributed by atoms with Crippen molar-refractivity contribution in [2.75, 3.05) is 0 Å². The predicted octanol–water partition coefficient (Wildman–Crippen LogP) is 5.08. The molecule has 0 bridgehead atoms. The number of ether oxygens (including phenoxy) is 1. The molecule has 4 nitrogen and oxygen atoms in total. The Morgan fingerprint density at radius 1 is 1.04 bits per heavy atom. The fraction of sp³-hybridized carbons (Fsp3) is 0.0556. The van der Waals surface area contributed by atoms with Crippen molar-refractivity contribution in [2.45, 2.75) is 6.92 Å². The van der Waals surface area contributed by atoms with Crippen molar-refractivity contribution in [3.63, 3.8) is 0 Å². The standard InChI is InChI=1S/C18H12F3N3O/c1-9-8-23-18(24-9)12-6-10(2-3-13(12)19)25-17-14(20)7-15-11(16(17)21)4-5-22-15/h2-8,22H,1H3,(H,23,24). The summed E-state index contributed by atoms with van der Waals surface area (Å²) in [4.78, 5) is 9.70. The zero-order chi connectivity index (χ0) is 17.6. The first kappa shape index (κ1) is 15.3. The molecule has 7 heteroatoms. The smallest absolute Gasteiger partial charge is 0.199 e. The minimum absolute atomic E-state index is 0.0955. The normalized spacial score (nSPS) is 11.2. The molecule has 0 saturated heterocycles. The van der Waals surface area contributed by atoms with Crippen LogP contribution in [0.3, 0.4) is 0 Å². The number of aryl methyl sites for hydroxylation is 1. The molecule has 0 amide bonds. The van der Waals surface area contributed by atoms with Gasteiger partial charge in [0.15, 0.2) is 17.4 Å². The third kappa shape index (κ3) is 2.63. The number of hydrogen-bond acceptors (Lipinski definition) is 2. The minimum Gasteiger partial charge on any atom is -0.451 e. The van der Waals surface area contributed by atoms with E-state index in [0.717, 1.165) is 17.8 Å². The number of aromatic amines is 2. The van der Waals surface area contributed by atoms with E-state index >= 15 is 0 Å². The Morgan fingerprint density at radius 2 is 1.88 bits per heavy atom. The van der Waals surface area contributed by atoms with Crippen LogP contribution < -0.4 is 4.74 Å². The quantitative estimate of drug-likeness (QED) is 0.545. The van der Waals surface area contributed by atoms with Crippen LogP contribution in [0.4, 0.5) is 13.2 Å². The van der Waals surface area contributed by atoms with E-state index < -0.39 is 23.2 Å². The van der Waals surface area contributed by atoms with Crippen molar-refractivity contribution < 1.29 is 17.9 Å². The number of fused-ring (bicyclic) bond motifs is 1. The van der Waals surface area contributed by atoms with Crippen LogP contribution in [0.25, 0.3) is 22.3 Å². The van der Waals surface area contributed by atoms with E-state index in [0.29, 0.717) is 11.3 Å². The van der Waals surface area contributed by atoms with Gasteiger partial charge in [-0.2, -0.15) is 0 Å². The lowest BCUT2D eigenvalue weighted by Gasteiger charge is -2.10. The van der Waals surface area contributed by atoms with Gasteiger partial charge in [0.1, 0.15) is 17.4 Å². The lowest BCUT2D eigenvalue weighted by atomic mass is 10.2. The van der Waals surface area contributed by atoms with Crippen molar-refractivity contribution in [1.29, 1.82) is 0 Å². The number of halogens is 3. The van der Waals surface area contributed by atoms with E-state index in [-0.39, 0.29) is 16.7 Å². The number of benzene rings is 2. The van der Waals surface area contributed by atoms with Gasteiger partial charge in [-0.05, 0) is 31.2 Å². The summed E-state index contributed by atoms with van der Waals surface area (Å²) >= 11 is 0. The van der Waals surface area contributed by atoms with E-state index in [1.807, 2.05) is 0 Å². The molecular weight excluding hydrogens is 331 g/mol. The highest BCUT2D eigenvalue weighted by atomic mass is 19.1. The van der Waals surface area contributed by atoms with Crippen LogP contribution >= 0.6 is 0 Å². The third-order valence-electron chi connectivity index (χ3n) is 3.82. The Bertz CT molecular complexity index is 1080. The zero-order valence-electron chi connectivity index (χ0n) is 13.0. The Morgan fingerprint density at radius 3 is 2.64 bits per heavy atom. The molecule has 0 aliphatic rings. The van der Waals surface area contributed by atoms with Crippen molar-refractivity contribution in [3.05, 3.63) is 65.9 Å². The van der Waals surface area contributed by atoms with Crippen LogP contribution in [0.15, 0.2) is 42.7 Å². The number of nitrogens with zero attached hydrogens (tertiary/aromatic N) is 1. The van der Waals surface area contributed by atoms with Gasteiger partial charge in [-0.3, -0.25) is 0 Å². The summed E-state index contributed by atoms with van der Waals surface area (Å²) in [5.74, 6) is -2.34. The van der Waals surface area contributed by atoms with E-state index in [9.17, 15) is 13.2 Å². The molecule has 0 aliphatic heterocycles. The Hall–Kier alpha value is -3.22. The molecule has 0 spiro atoms. The van der Waals surface area contributed by atoms with Gasteiger partial charge in [-0.25, -0.2) is 18.2 Å². The average Bonchev–Trinajstić information content (AvgIpc) is 3.22. The maximum absolute atomic E-state index is 14.5. The summed E-state index contributed by atoms with van der Waals surface area (Å²) in [6, 6.07) is 6.43. The van der Waals surface area contributed by atoms with Gasteiger partial charge in [0.2, 0.25) is 0 Å². The molecule has 2 N–H and O–H groups in total. The van der Waals surface area contributed by atoms with Gasteiger partial charge < -0.3 is 14.7 Å². The van der Waals surface area contributed by atoms with Gasteiger partial charge >= 0.3 is 0 Å². The van der Waals surface area contributed by atoms with Crippen molar-refractivity contribution in [2.24, 2.45) is 0 Å². The summed E-state index contributed by atoms with van der Waals surface area (Å²) < 4.78 is 48.1. The van der Waals surface area contributed by atoms with Crippen LogP contribution in [-0.2, 0) is 0 Å². The Labute approximate surface area is 140 Å². The molecule has 25 heavy (non-hydrogen) atoms. The SMILES string of the molecule is Cc1cnc(-c2cc(Oc3c(F)cc4[nH]ccc4c3F)ccc2F)[nH]1. The fourth-order valence-electron chi connectivity index (χ4n) is 2.62. The van der Waals surface area contributed by atoms with Gasteiger partial charge in [0.05, 0.1) is 11.1 Å². The number of aromatic nitrogens is 3. The van der Waals surface area contributed by atoms with Crippen LogP contribution in [-0.4, -0.2) is 15.0 Å². The maximum Gasteiger partial charge on any atom is 0.199 e. The number of imidazole rings is 1. The molecule has 0 unspecified atom stereocenters. The molecule has 2 aromatic carbocycles. The molecule has 0 saturated carbocycles. The number of H-pyrrole nitrogens is 2. The minimum atomic E-state index is -0.854.